The van der Waals surface area contributed by atoms with Crippen LogP contribution in [0.2, 0.25) is 0 Å². The first-order valence-corrected chi connectivity index (χ1v) is 10.1. The summed E-state index contributed by atoms with van der Waals surface area (Å²) in [5, 5.41) is 1.50. The molecule has 112 valence electrons. The van der Waals surface area contributed by atoms with Gasteiger partial charge in [-0.25, -0.2) is 0 Å². The fourth-order valence-electron chi connectivity index (χ4n) is 3.95. The molecule has 19 heavy (non-hydrogen) atoms. The zero-order valence-electron chi connectivity index (χ0n) is 12.4. The smallest absolute Gasteiger partial charge is 0.0370 e. The van der Waals surface area contributed by atoms with Gasteiger partial charge in [-0.15, -0.1) is 0 Å². The third-order valence-electron chi connectivity index (χ3n) is 4.99. The zero-order valence-corrected chi connectivity index (χ0v) is 14.1. The molecule has 0 amide bonds. The van der Waals surface area contributed by atoms with Gasteiger partial charge in [-0.3, -0.25) is 11.3 Å². The third-order valence-corrected chi connectivity index (χ3v) is 8.37. The Morgan fingerprint density at radius 2 is 1.84 bits per heavy atom. The molecule has 3 N–H and O–H groups in total. The van der Waals surface area contributed by atoms with Crippen molar-refractivity contribution < 1.29 is 0 Å². The Balaban J connectivity index is 2.07. The van der Waals surface area contributed by atoms with Crippen LogP contribution >= 0.6 is 23.5 Å². The van der Waals surface area contributed by atoms with Gasteiger partial charge < -0.3 is 0 Å². The highest BCUT2D eigenvalue weighted by molar-refractivity contribution is 8.07. The molecule has 2 aliphatic rings. The van der Waals surface area contributed by atoms with E-state index in [2.05, 4.69) is 42.8 Å². The molecule has 5 unspecified atom stereocenters. The standard InChI is InChI=1S/C15H30N2S2/c1-3-11-7-5-6-8-12(11)14(17-16)15-13(4-2)18-9-10-19-15/h11-15,17H,3-10,16H2,1-2H3. The second-order valence-corrected chi connectivity index (χ2v) is 8.59. The molecule has 5 atom stereocenters. The predicted molar refractivity (Wildman–Crippen MR) is 89.6 cm³/mol. The van der Waals surface area contributed by atoms with E-state index in [9.17, 15) is 0 Å². The second kappa shape index (κ2) is 8.16. The number of nitrogens with two attached hydrogens (primary N) is 1. The van der Waals surface area contributed by atoms with E-state index >= 15 is 0 Å². The van der Waals surface area contributed by atoms with Gasteiger partial charge in [0, 0.05) is 28.0 Å². The van der Waals surface area contributed by atoms with Gasteiger partial charge in [-0.1, -0.05) is 39.5 Å². The molecular formula is C15H30N2S2. The van der Waals surface area contributed by atoms with Crippen molar-refractivity contribution in [3.63, 3.8) is 0 Å². The molecular weight excluding hydrogens is 272 g/mol. The molecule has 0 spiro atoms. The summed E-state index contributed by atoms with van der Waals surface area (Å²) in [6.07, 6.45) is 8.23. The maximum absolute atomic E-state index is 6.00. The van der Waals surface area contributed by atoms with Gasteiger partial charge in [0.1, 0.15) is 0 Å². The Bertz CT molecular complexity index is 239. The van der Waals surface area contributed by atoms with Crippen LogP contribution in [-0.2, 0) is 0 Å². The van der Waals surface area contributed by atoms with Crippen molar-refractivity contribution in [1.29, 1.82) is 0 Å². The lowest BCUT2D eigenvalue weighted by molar-refractivity contribution is 0.171. The molecule has 0 aromatic heterocycles. The molecule has 1 aliphatic carbocycles. The fraction of sp³-hybridized carbons (Fsp3) is 1.00. The first-order valence-electron chi connectivity index (χ1n) is 8.01. The molecule has 1 saturated heterocycles. The Hall–Kier alpha value is 0.620. The van der Waals surface area contributed by atoms with E-state index in [0.717, 1.165) is 17.1 Å². The topological polar surface area (TPSA) is 38.0 Å². The SMILES string of the molecule is CCC1CCCCC1C(NN)C1SCCSC1CC. The van der Waals surface area contributed by atoms with E-state index in [0.29, 0.717) is 11.3 Å². The summed E-state index contributed by atoms with van der Waals surface area (Å²) in [5.41, 5.74) is 3.24. The minimum Gasteiger partial charge on any atom is -0.271 e. The maximum Gasteiger partial charge on any atom is 0.0370 e. The third kappa shape index (κ3) is 3.84. The molecule has 0 aromatic carbocycles. The number of rotatable bonds is 5. The lowest BCUT2D eigenvalue weighted by Gasteiger charge is -2.43. The molecule has 0 aromatic rings. The van der Waals surface area contributed by atoms with E-state index in [-0.39, 0.29) is 0 Å². The molecule has 4 heteroatoms. The van der Waals surface area contributed by atoms with Crippen LogP contribution in [0, 0.1) is 11.8 Å². The Kier molecular flexibility index (Phi) is 6.87. The van der Waals surface area contributed by atoms with Crippen molar-refractivity contribution in [2.75, 3.05) is 11.5 Å². The van der Waals surface area contributed by atoms with Crippen LogP contribution in [0.1, 0.15) is 52.4 Å². The maximum atomic E-state index is 6.00. The molecule has 2 nitrogen and oxygen atoms in total. The molecule has 0 bridgehead atoms. The van der Waals surface area contributed by atoms with Crippen LogP contribution in [-0.4, -0.2) is 28.0 Å². The van der Waals surface area contributed by atoms with E-state index in [4.69, 9.17) is 5.84 Å². The number of hydrogen-bond donors (Lipinski definition) is 2. The summed E-state index contributed by atoms with van der Waals surface area (Å²) in [5.74, 6) is 10.3. The van der Waals surface area contributed by atoms with Crippen molar-refractivity contribution in [1.82, 2.24) is 5.43 Å². The average molecular weight is 303 g/mol. The van der Waals surface area contributed by atoms with Crippen LogP contribution in [0.5, 0.6) is 0 Å². The van der Waals surface area contributed by atoms with Crippen LogP contribution in [0.25, 0.3) is 0 Å². The van der Waals surface area contributed by atoms with E-state index in [1.807, 2.05) is 0 Å². The van der Waals surface area contributed by atoms with Gasteiger partial charge in [0.25, 0.3) is 0 Å². The van der Waals surface area contributed by atoms with Gasteiger partial charge in [-0.2, -0.15) is 23.5 Å². The summed E-state index contributed by atoms with van der Waals surface area (Å²) >= 11 is 4.34. The highest BCUT2D eigenvalue weighted by Crippen LogP contribution is 2.42. The number of hydrogen-bond acceptors (Lipinski definition) is 4. The number of thioether (sulfide) groups is 2. The molecule has 2 fully saturated rings. The van der Waals surface area contributed by atoms with Crippen molar-refractivity contribution in [2.24, 2.45) is 17.7 Å². The second-order valence-electron chi connectivity index (χ2n) is 5.96. The van der Waals surface area contributed by atoms with E-state index in [1.165, 1.54) is 50.0 Å². The largest absolute Gasteiger partial charge is 0.271 e. The molecule has 0 radical (unpaired) electrons. The molecule has 2 rings (SSSR count). The first-order chi connectivity index (χ1) is 9.31. The van der Waals surface area contributed by atoms with Gasteiger partial charge in [0.15, 0.2) is 0 Å². The van der Waals surface area contributed by atoms with Crippen molar-refractivity contribution >= 4 is 23.5 Å². The van der Waals surface area contributed by atoms with Gasteiger partial charge in [0.05, 0.1) is 0 Å². The minimum absolute atomic E-state index is 0.521. The minimum atomic E-state index is 0.521. The van der Waals surface area contributed by atoms with Crippen LogP contribution < -0.4 is 11.3 Å². The fourth-order valence-corrected chi connectivity index (χ4v) is 7.25. The summed E-state index contributed by atoms with van der Waals surface area (Å²) in [7, 11) is 0. The summed E-state index contributed by atoms with van der Waals surface area (Å²) in [6.45, 7) is 4.69. The van der Waals surface area contributed by atoms with Crippen LogP contribution in [0.15, 0.2) is 0 Å². The van der Waals surface area contributed by atoms with Crippen molar-refractivity contribution in [3.8, 4) is 0 Å². The van der Waals surface area contributed by atoms with Crippen molar-refractivity contribution in [2.45, 2.75) is 68.9 Å². The summed E-state index contributed by atoms with van der Waals surface area (Å²) in [6, 6.07) is 0.521. The Morgan fingerprint density at radius 1 is 1.11 bits per heavy atom. The number of nitrogens with one attached hydrogen (secondary N) is 1. The first kappa shape index (κ1) is 16.0. The zero-order chi connectivity index (χ0) is 13.7. The van der Waals surface area contributed by atoms with E-state index in [1.54, 1.807) is 0 Å². The quantitative estimate of drug-likeness (QED) is 0.600. The average Bonchev–Trinajstić information content (AvgIpc) is 2.49. The highest BCUT2D eigenvalue weighted by Gasteiger charge is 2.39. The number of hydrazine groups is 1. The molecule has 1 aliphatic heterocycles. The molecule has 1 heterocycles. The lowest BCUT2D eigenvalue weighted by atomic mass is 9.73. The Labute approximate surface area is 127 Å². The Morgan fingerprint density at radius 3 is 2.53 bits per heavy atom. The predicted octanol–water partition coefficient (Wildman–Crippen LogP) is 3.66. The normalized spacial score (nSPS) is 38.1. The highest BCUT2D eigenvalue weighted by atomic mass is 32.2. The molecule has 1 saturated carbocycles. The van der Waals surface area contributed by atoms with Gasteiger partial charge in [0.2, 0.25) is 0 Å². The lowest BCUT2D eigenvalue weighted by Crippen LogP contribution is -2.54. The van der Waals surface area contributed by atoms with Crippen LogP contribution in [0.4, 0.5) is 0 Å². The van der Waals surface area contributed by atoms with Gasteiger partial charge in [-0.05, 0) is 24.7 Å². The van der Waals surface area contributed by atoms with Crippen LogP contribution in [0.3, 0.4) is 0 Å². The summed E-state index contributed by atoms with van der Waals surface area (Å²) < 4.78 is 0. The van der Waals surface area contributed by atoms with Crippen molar-refractivity contribution in [3.05, 3.63) is 0 Å². The summed E-state index contributed by atoms with van der Waals surface area (Å²) in [4.78, 5) is 0. The van der Waals surface area contributed by atoms with Gasteiger partial charge >= 0.3 is 0 Å². The van der Waals surface area contributed by atoms with E-state index < -0.39 is 0 Å². The monoisotopic (exact) mass is 302 g/mol.